The highest BCUT2D eigenvalue weighted by atomic mass is 35.5. The molecule has 0 unspecified atom stereocenters. The molecule has 0 atom stereocenters. The summed E-state index contributed by atoms with van der Waals surface area (Å²) < 4.78 is 3.10. The van der Waals surface area contributed by atoms with E-state index >= 15 is 0 Å². The van der Waals surface area contributed by atoms with Gasteiger partial charge in [-0.1, -0.05) is 18.5 Å². The molecule has 32 heavy (non-hydrogen) atoms. The second-order valence-corrected chi connectivity index (χ2v) is 10.6. The monoisotopic (exact) mass is 476 g/mol. The van der Waals surface area contributed by atoms with E-state index in [4.69, 9.17) is 11.6 Å². The molecule has 3 aromatic heterocycles. The number of halogens is 1. The average Bonchev–Trinajstić information content (AvgIpc) is 3.20. The number of rotatable bonds is 5. The summed E-state index contributed by atoms with van der Waals surface area (Å²) in [5.41, 5.74) is -0.386. The lowest BCUT2D eigenvalue weighted by Gasteiger charge is -2.39. The van der Waals surface area contributed by atoms with E-state index in [1.165, 1.54) is 22.2 Å². The van der Waals surface area contributed by atoms with Crippen molar-refractivity contribution in [1.82, 2.24) is 19.0 Å². The normalized spacial score (nSPS) is 19.4. The highest BCUT2D eigenvalue weighted by Crippen LogP contribution is 2.47. The Hall–Kier alpha value is -2.20. The van der Waals surface area contributed by atoms with Crippen LogP contribution in [0.25, 0.3) is 16.7 Å². The molecule has 3 aromatic rings. The first kappa shape index (κ1) is 21.6. The Labute approximate surface area is 193 Å². The Bertz CT molecular complexity index is 1250. The van der Waals surface area contributed by atoms with Crippen molar-refractivity contribution in [1.29, 1.82) is 0 Å². The molecule has 0 bridgehead atoms. The summed E-state index contributed by atoms with van der Waals surface area (Å²) in [5.74, 6) is 0.175. The first-order chi connectivity index (χ1) is 15.2. The fraction of sp³-hybridized carbons (Fsp3) is 0.500. The number of carbonyl (C=O) groups is 1. The van der Waals surface area contributed by atoms with Crippen LogP contribution in [0, 0.1) is 5.41 Å². The van der Waals surface area contributed by atoms with Crippen LogP contribution < -0.4 is 5.56 Å². The highest BCUT2D eigenvalue weighted by molar-refractivity contribution is 7.10. The number of aromatic nitrogens is 3. The summed E-state index contributed by atoms with van der Waals surface area (Å²) in [6.45, 7) is 3.02. The van der Waals surface area contributed by atoms with Crippen LogP contribution in [-0.4, -0.2) is 53.8 Å². The summed E-state index contributed by atoms with van der Waals surface area (Å²) in [6.07, 6.45) is 4.14. The van der Waals surface area contributed by atoms with Gasteiger partial charge in [-0.25, -0.2) is 4.98 Å². The third-order valence-electron chi connectivity index (χ3n) is 6.76. The van der Waals surface area contributed by atoms with E-state index in [1.54, 1.807) is 10.6 Å². The minimum atomic E-state index is -1.07. The SMILES string of the molecule is CC1(C(=O)N2CCC(O)(Cn3cnc4c(cc(Cl)n4-c4csc(CO)c4)c3=O)CC2)CC1. The summed E-state index contributed by atoms with van der Waals surface area (Å²) >= 11 is 7.82. The van der Waals surface area contributed by atoms with E-state index in [1.807, 2.05) is 23.3 Å². The predicted octanol–water partition coefficient (Wildman–Crippen LogP) is 2.55. The fourth-order valence-electron chi connectivity index (χ4n) is 4.40. The lowest BCUT2D eigenvalue weighted by atomic mass is 9.90. The van der Waals surface area contributed by atoms with Gasteiger partial charge in [0.05, 0.1) is 29.8 Å². The average molecular weight is 477 g/mol. The van der Waals surface area contributed by atoms with E-state index in [9.17, 15) is 19.8 Å². The van der Waals surface area contributed by atoms with Gasteiger partial charge in [-0.15, -0.1) is 11.3 Å². The zero-order valence-electron chi connectivity index (χ0n) is 17.8. The Kier molecular flexibility index (Phi) is 5.20. The number of likely N-dealkylation sites (tertiary alicyclic amines) is 1. The van der Waals surface area contributed by atoms with Gasteiger partial charge >= 0.3 is 0 Å². The van der Waals surface area contributed by atoms with Gasteiger partial charge in [0.1, 0.15) is 11.5 Å². The molecule has 0 spiro atoms. The van der Waals surface area contributed by atoms with Crippen molar-refractivity contribution in [3.8, 4) is 5.69 Å². The van der Waals surface area contributed by atoms with Crippen LogP contribution in [0.3, 0.4) is 0 Å². The second-order valence-electron chi connectivity index (χ2n) is 9.22. The molecular weight excluding hydrogens is 452 g/mol. The van der Waals surface area contributed by atoms with Gasteiger partial charge in [0.15, 0.2) is 5.65 Å². The van der Waals surface area contributed by atoms with Crippen LogP contribution in [0.4, 0.5) is 0 Å². The minimum absolute atomic E-state index is 0.0669. The van der Waals surface area contributed by atoms with Gasteiger partial charge in [0.25, 0.3) is 5.56 Å². The van der Waals surface area contributed by atoms with E-state index in [0.717, 1.165) is 23.4 Å². The number of piperidine rings is 1. The van der Waals surface area contributed by atoms with Crippen molar-refractivity contribution in [2.24, 2.45) is 5.41 Å². The van der Waals surface area contributed by atoms with Crippen molar-refractivity contribution in [3.63, 3.8) is 0 Å². The zero-order chi connectivity index (χ0) is 22.7. The van der Waals surface area contributed by atoms with Crippen molar-refractivity contribution in [3.05, 3.63) is 44.2 Å². The summed E-state index contributed by atoms with van der Waals surface area (Å²) in [5, 5.41) is 23.0. The molecule has 2 aliphatic rings. The molecule has 170 valence electrons. The minimum Gasteiger partial charge on any atom is -0.391 e. The zero-order valence-corrected chi connectivity index (χ0v) is 19.3. The Morgan fingerprint density at radius 3 is 2.59 bits per heavy atom. The summed E-state index contributed by atoms with van der Waals surface area (Å²) in [7, 11) is 0. The number of amides is 1. The molecular formula is C22H25ClN4O4S. The molecule has 2 fully saturated rings. The maximum absolute atomic E-state index is 13.2. The fourth-order valence-corrected chi connectivity index (χ4v) is 5.39. The number of aliphatic hydroxyl groups is 2. The van der Waals surface area contributed by atoms with Crippen LogP contribution in [0.2, 0.25) is 5.15 Å². The molecule has 1 saturated carbocycles. The van der Waals surface area contributed by atoms with Gasteiger partial charge in [0, 0.05) is 28.8 Å². The lowest BCUT2D eigenvalue weighted by molar-refractivity contribution is -0.141. The number of carbonyl (C=O) groups excluding carboxylic acids is 1. The smallest absolute Gasteiger partial charge is 0.262 e. The number of fused-ring (bicyclic) bond motifs is 1. The van der Waals surface area contributed by atoms with Crippen LogP contribution in [0.5, 0.6) is 0 Å². The van der Waals surface area contributed by atoms with Gasteiger partial charge in [-0.3, -0.25) is 18.7 Å². The highest BCUT2D eigenvalue weighted by Gasteiger charge is 2.48. The molecule has 2 N–H and O–H groups in total. The lowest BCUT2D eigenvalue weighted by Crippen LogP contribution is -2.51. The van der Waals surface area contributed by atoms with Gasteiger partial charge < -0.3 is 15.1 Å². The van der Waals surface area contributed by atoms with E-state index in [0.29, 0.717) is 42.1 Å². The van der Waals surface area contributed by atoms with Gasteiger partial charge in [-0.2, -0.15) is 0 Å². The van der Waals surface area contributed by atoms with E-state index < -0.39 is 5.60 Å². The second kappa shape index (κ2) is 7.69. The van der Waals surface area contributed by atoms with Crippen LogP contribution in [-0.2, 0) is 17.9 Å². The van der Waals surface area contributed by atoms with Crippen LogP contribution in [0.15, 0.2) is 28.6 Å². The van der Waals surface area contributed by atoms with E-state index in [2.05, 4.69) is 4.98 Å². The molecule has 1 aliphatic carbocycles. The van der Waals surface area contributed by atoms with Crippen molar-refractivity contribution >= 4 is 39.9 Å². The van der Waals surface area contributed by atoms with Crippen molar-refractivity contribution in [2.75, 3.05) is 13.1 Å². The number of aliphatic hydroxyl groups excluding tert-OH is 1. The molecule has 0 aromatic carbocycles. The van der Waals surface area contributed by atoms with Gasteiger partial charge in [-0.05, 0) is 37.8 Å². The molecule has 1 aliphatic heterocycles. The Morgan fingerprint density at radius 2 is 1.97 bits per heavy atom. The van der Waals surface area contributed by atoms with Gasteiger partial charge in [0.2, 0.25) is 5.91 Å². The van der Waals surface area contributed by atoms with Crippen LogP contribution in [0.1, 0.15) is 37.5 Å². The molecule has 5 rings (SSSR count). The largest absolute Gasteiger partial charge is 0.391 e. The third-order valence-corrected chi connectivity index (χ3v) is 7.94. The van der Waals surface area contributed by atoms with E-state index in [-0.39, 0.29) is 30.0 Å². The van der Waals surface area contributed by atoms with Crippen LogP contribution >= 0.6 is 22.9 Å². The quantitative estimate of drug-likeness (QED) is 0.589. The standard InChI is InChI=1S/C22H25ClN4O4S/c1-21(2-3-21)20(30)25-6-4-22(31,5-7-25)12-26-13-24-18-16(19(26)29)9-17(23)27(18)14-8-15(10-28)32-11-14/h8-9,11,13,28,31H,2-7,10,12H2,1H3. The maximum Gasteiger partial charge on any atom is 0.262 e. The molecule has 10 heteroatoms. The first-order valence-electron chi connectivity index (χ1n) is 10.7. The number of nitrogens with zero attached hydrogens (tertiary/aromatic N) is 4. The molecule has 8 nitrogen and oxygen atoms in total. The molecule has 0 radical (unpaired) electrons. The Morgan fingerprint density at radius 1 is 1.25 bits per heavy atom. The molecule has 4 heterocycles. The van der Waals surface area contributed by atoms with Crippen molar-refractivity contribution in [2.45, 2.75) is 51.4 Å². The first-order valence-corrected chi connectivity index (χ1v) is 12.0. The molecule has 1 amide bonds. The Balaban J connectivity index is 1.38. The predicted molar refractivity (Wildman–Crippen MR) is 122 cm³/mol. The topological polar surface area (TPSA) is 101 Å². The maximum atomic E-state index is 13.2. The van der Waals surface area contributed by atoms with Crippen molar-refractivity contribution < 1.29 is 15.0 Å². The molecule has 1 saturated heterocycles. The number of hydrogen-bond acceptors (Lipinski definition) is 6. The summed E-state index contributed by atoms with van der Waals surface area (Å²) in [4.78, 5) is 32.8. The summed E-state index contributed by atoms with van der Waals surface area (Å²) in [6, 6.07) is 3.39. The third kappa shape index (κ3) is 3.67. The number of hydrogen-bond donors (Lipinski definition) is 2. The number of thiophene rings is 1.